The van der Waals surface area contributed by atoms with Crippen molar-refractivity contribution in [3.05, 3.63) is 0 Å². The summed E-state index contributed by atoms with van der Waals surface area (Å²) in [7, 11) is 4.64. The van der Waals surface area contributed by atoms with Crippen molar-refractivity contribution in [2.45, 2.75) is 70.4 Å². The van der Waals surface area contributed by atoms with Gasteiger partial charge < -0.3 is 15.1 Å². The molecule has 3 nitrogen and oxygen atoms in total. The van der Waals surface area contributed by atoms with E-state index in [1.807, 2.05) is 0 Å². The molecule has 1 saturated heterocycles. The van der Waals surface area contributed by atoms with Gasteiger partial charge in [0.05, 0.1) is 0 Å². The third-order valence-electron chi connectivity index (χ3n) is 5.56. The van der Waals surface area contributed by atoms with Gasteiger partial charge in [-0.15, -0.1) is 0 Å². The van der Waals surface area contributed by atoms with E-state index < -0.39 is 0 Å². The van der Waals surface area contributed by atoms with Crippen LogP contribution >= 0.6 is 0 Å². The van der Waals surface area contributed by atoms with Crippen LogP contribution in [0.15, 0.2) is 0 Å². The lowest BCUT2D eigenvalue weighted by atomic mass is 9.94. The summed E-state index contributed by atoms with van der Waals surface area (Å²) in [6.45, 7) is 7.30. The first-order valence-electron chi connectivity index (χ1n) is 9.33. The largest absolute Gasteiger partial charge is 0.314 e. The van der Waals surface area contributed by atoms with Crippen LogP contribution in [0.2, 0.25) is 0 Å². The third-order valence-corrected chi connectivity index (χ3v) is 5.56. The molecule has 1 aliphatic carbocycles. The van der Waals surface area contributed by atoms with E-state index in [-0.39, 0.29) is 0 Å². The smallest absolute Gasteiger partial charge is 0.0220 e. The van der Waals surface area contributed by atoms with Crippen LogP contribution in [0.25, 0.3) is 0 Å². The van der Waals surface area contributed by atoms with Gasteiger partial charge in [-0.3, -0.25) is 0 Å². The Hall–Kier alpha value is -0.120. The summed E-state index contributed by atoms with van der Waals surface area (Å²) in [5.41, 5.74) is 0. The molecule has 2 fully saturated rings. The first-order valence-corrected chi connectivity index (χ1v) is 9.33. The quantitative estimate of drug-likeness (QED) is 0.729. The van der Waals surface area contributed by atoms with Gasteiger partial charge in [-0.05, 0) is 65.2 Å². The Morgan fingerprint density at radius 1 is 1.05 bits per heavy atom. The SMILES string of the molecule is CCCNC1CCCCCC1CN(C)CC1CCCN1C. The molecule has 0 spiro atoms. The van der Waals surface area contributed by atoms with Gasteiger partial charge in [0.2, 0.25) is 0 Å². The minimum Gasteiger partial charge on any atom is -0.314 e. The van der Waals surface area contributed by atoms with Gasteiger partial charge in [0, 0.05) is 25.2 Å². The van der Waals surface area contributed by atoms with E-state index in [4.69, 9.17) is 0 Å². The van der Waals surface area contributed by atoms with Crippen LogP contribution in [-0.2, 0) is 0 Å². The highest BCUT2D eigenvalue weighted by Crippen LogP contribution is 2.25. The number of likely N-dealkylation sites (tertiary alicyclic amines) is 1. The summed E-state index contributed by atoms with van der Waals surface area (Å²) >= 11 is 0. The van der Waals surface area contributed by atoms with E-state index in [1.165, 1.54) is 77.5 Å². The number of nitrogens with one attached hydrogen (secondary N) is 1. The molecule has 0 bridgehead atoms. The van der Waals surface area contributed by atoms with E-state index in [2.05, 4.69) is 36.1 Å². The van der Waals surface area contributed by atoms with Crippen molar-refractivity contribution >= 4 is 0 Å². The molecular weight excluding hydrogens is 258 g/mol. The Kier molecular flexibility index (Phi) is 7.48. The van der Waals surface area contributed by atoms with Crippen LogP contribution in [0.3, 0.4) is 0 Å². The highest BCUT2D eigenvalue weighted by molar-refractivity contribution is 4.84. The zero-order valence-corrected chi connectivity index (χ0v) is 14.6. The molecule has 2 rings (SSSR count). The Morgan fingerprint density at radius 2 is 1.86 bits per heavy atom. The van der Waals surface area contributed by atoms with Crippen LogP contribution < -0.4 is 5.32 Å². The van der Waals surface area contributed by atoms with Crippen molar-refractivity contribution in [2.75, 3.05) is 40.3 Å². The van der Waals surface area contributed by atoms with Gasteiger partial charge in [-0.1, -0.05) is 26.2 Å². The van der Waals surface area contributed by atoms with E-state index in [9.17, 15) is 0 Å². The van der Waals surface area contributed by atoms with E-state index in [1.54, 1.807) is 0 Å². The van der Waals surface area contributed by atoms with Crippen molar-refractivity contribution in [1.29, 1.82) is 0 Å². The number of likely N-dealkylation sites (N-methyl/N-ethyl adjacent to an activating group) is 2. The fraction of sp³-hybridized carbons (Fsp3) is 1.00. The lowest BCUT2D eigenvalue weighted by Gasteiger charge is -2.32. The van der Waals surface area contributed by atoms with Crippen LogP contribution in [0.4, 0.5) is 0 Å². The van der Waals surface area contributed by atoms with Crippen molar-refractivity contribution in [3.8, 4) is 0 Å². The number of rotatable bonds is 7. The molecule has 1 heterocycles. The molecule has 3 unspecified atom stereocenters. The van der Waals surface area contributed by atoms with Crippen LogP contribution in [-0.4, -0.2) is 62.2 Å². The summed E-state index contributed by atoms with van der Waals surface area (Å²) in [5, 5.41) is 3.83. The standard InChI is InChI=1S/C18H37N3/c1-4-12-19-18-11-7-5-6-9-16(18)14-20(2)15-17-10-8-13-21(17)3/h16-19H,4-15H2,1-3H3. The second kappa shape index (κ2) is 9.12. The van der Waals surface area contributed by atoms with Gasteiger partial charge >= 0.3 is 0 Å². The highest BCUT2D eigenvalue weighted by Gasteiger charge is 2.27. The van der Waals surface area contributed by atoms with Crippen molar-refractivity contribution < 1.29 is 0 Å². The van der Waals surface area contributed by atoms with Crippen LogP contribution in [0.5, 0.6) is 0 Å². The van der Waals surface area contributed by atoms with Crippen molar-refractivity contribution in [2.24, 2.45) is 5.92 Å². The molecule has 124 valence electrons. The zero-order chi connectivity index (χ0) is 15.1. The summed E-state index contributed by atoms with van der Waals surface area (Å²) < 4.78 is 0. The molecule has 1 N–H and O–H groups in total. The van der Waals surface area contributed by atoms with Crippen LogP contribution in [0, 0.1) is 5.92 Å². The Balaban J connectivity index is 1.81. The Bertz CT molecular complexity index is 282. The maximum atomic E-state index is 3.83. The topological polar surface area (TPSA) is 18.5 Å². The molecule has 0 amide bonds. The number of hydrogen-bond acceptors (Lipinski definition) is 3. The first-order chi connectivity index (χ1) is 10.2. The maximum Gasteiger partial charge on any atom is 0.0220 e. The third kappa shape index (κ3) is 5.54. The minimum atomic E-state index is 0.760. The fourth-order valence-corrected chi connectivity index (χ4v) is 4.25. The summed E-state index contributed by atoms with van der Waals surface area (Å²) in [5.74, 6) is 0.857. The Morgan fingerprint density at radius 3 is 2.57 bits per heavy atom. The predicted octanol–water partition coefficient (Wildman–Crippen LogP) is 2.96. The average molecular weight is 296 g/mol. The number of hydrogen-bond donors (Lipinski definition) is 1. The molecular formula is C18H37N3. The van der Waals surface area contributed by atoms with Gasteiger partial charge in [0.1, 0.15) is 0 Å². The minimum absolute atomic E-state index is 0.760. The monoisotopic (exact) mass is 295 g/mol. The lowest BCUT2D eigenvalue weighted by molar-refractivity contribution is 0.178. The van der Waals surface area contributed by atoms with E-state index in [0.717, 1.165) is 18.0 Å². The second-order valence-corrected chi connectivity index (χ2v) is 7.46. The molecule has 1 saturated carbocycles. The van der Waals surface area contributed by atoms with E-state index in [0.29, 0.717) is 0 Å². The molecule has 1 aliphatic heterocycles. The summed E-state index contributed by atoms with van der Waals surface area (Å²) in [6.07, 6.45) is 11.1. The van der Waals surface area contributed by atoms with Crippen molar-refractivity contribution in [1.82, 2.24) is 15.1 Å². The lowest BCUT2D eigenvalue weighted by Crippen LogP contribution is -2.44. The molecule has 2 aliphatic rings. The Labute approximate surface area is 132 Å². The van der Waals surface area contributed by atoms with Gasteiger partial charge in [-0.2, -0.15) is 0 Å². The molecule has 3 heteroatoms. The summed E-state index contributed by atoms with van der Waals surface area (Å²) in [6, 6.07) is 1.55. The first kappa shape index (κ1) is 17.2. The molecule has 0 radical (unpaired) electrons. The van der Waals surface area contributed by atoms with E-state index >= 15 is 0 Å². The number of nitrogens with zero attached hydrogens (tertiary/aromatic N) is 2. The summed E-state index contributed by atoms with van der Waals surface area (Å²) in [4.78, 5) is 5.17. The van der Waals surface area contributed by atoms with Crippen LogP contribution in [0.1, 0.15) is 58.3 Å². The molecule has 0 aromatic heterocycles. The molecule has 21 heavy (non-hydrogen) atoms. The van der Waals surface area contributed by atoms with Gasteiger partial charge in [0.25, 0.3) is 0 Å². The zero-order valence-electron chi connectivity index (χ0n) is 14.6. The highest BCUT2D eigenvalue weighted by atomic mass is 15.2. The maximum absolute atomic E-state index is 3.83. The molecule has 3 atom stereocenters. The second-order valence-electron chi connectivity index (χ2n) is 7.46. The predicted molar refractivity (Wildman–Crippen MR) is 91.8 cm³/mol. The van der Waals surface area contributed by atoms with Crippen molar-refractivity contribution in [3.63, 3.8) is 0 Å². The average Bonchev–Trinajstić information content (AvgIpc) is 2.73. The fourth-order valence-electron chi connectivity index (χ4n) is 4.25. The molecule has 0 aromatic carbocycles. The van der Waals surface area contributed by atoms with Gasteiger partial charge in [0.15, 0.2) is 0 Å². The normalized spacial score (nSPS) is 31.7. The van der Waals surface area contributed by atoms with Gasteiger partial charge in [-0.25, -0.2) is 0 Å². The molecule has 0 aromatic rings.